The van der Waals surface area contributed by atoms with Gasteiger partial charge in [0.05, 0.1) is 5.56 Å². The molecule has 1 fully saturated rings. The molecule has 2 unspecified atom stereocenters. The van der Waals surface area contributed by atoms with E-state index in [4.69, 9.17) is 26.6 Å². The first kappa shape index (κ1) is 24.5. The third-order valence-electron chi connectivity index (χ3n) is 7.38. The highest BCUT2D eigenvalue weighted by molar-refractivity contribution is 6.29. The summed E-state index contributed by atoms with van der Waals surface area (Å²) in [5, 5.41) is 14.6. The number of fused-ring (bicyclic) bond motifs is 1. The number of aryl methyl sites for hydroxylation is 1. The number of ether oxygens (including phenoxy) is 1. The lowest BCUT2D eigenvalue weighted by Gasteiger charge is -2.25. The fourth-order valence-corrected chi connectivity index (χ4v) is 5.71. The third-order valence-corrected chi connectivity index (χ3v) is 7.57. The predicted octanol–water partition coefficient (Wildman–Crippen LogP) is 5.13. The number of rotatable bonds is 7. The summed E-state index contributed by atoms with van der Waals surface area (Å²) in [6, 6.07) is 8.20. The van der Waals surface area contributed by atoms with Gasteiger partial charge >= 0.3 is 0 Å². The lowest BCUT2D eigenvalue weighted by molar-refractivity contribution is 0.193. The summed E-state index contributed by atoms with van der Waals surface area (Å²) in [4.78, 5) is 11.4. The fourth-order valence-electron chi connectivity index (χ4n) is 5.54. The van der Waals surface area contributed by atoms with Gasteiger partial charge in [0.1, 0.15) is 23.6 Å². The zero-order chi connectivity index (χ0) is 25.2. The van der Waals surface area contributed by atoms with E-state index in [1.54, 1.807) is 6.07 Å². The van der Waals surface area contributed by atoms with E-state index in [0.29, 0.717) is 46.5 Å². The molecule has 2 aromatic heterocycles. The number of hydrogen-bond donors (Lipinski definition) is 1. The average Bonchev–Trinajstić information content (AvgIpc) is 3.49. The Morgan fingerprint density at radius 2 is 2.14 bits per heavy atom. The van der Waals surface area contributed by atoms with E-state index in [9.17, 15) is 5.26 Å². The molecule has 8 nitrogen and oxygen atoms in total. The van der Waals surface area contributed by atoms with Crippen molar-refractivity contribution in [1.29, 1.82) is 5.26 Å². The minimum atomic E-state index is -0.0949. The van der Waals surface area contributed by atoms with E-state index >= 15 is 0 Å². The SMILES string of the molecule is CCCc1ccc(N)c(C#N)c1C1CCCc2c(-c3nc(Cl)cc(OCC4CCCN4C)n3)noc21. The number of nitrogen functional groups attached to an aromatic ring is 1. The van der Waals surface area contributed by atoms with Crippen LogP contribution in [-0.4, -0.2) is 46.3 Å². The first-order chi connectivity index (χ1) is 17.5. The molecule has 0 saturated carbocycles. The van der Waals surface area contributed by atoms with Crippen LogP contribution in [0.3, 0.4) is 0 Å². The Hall–Kier alpha value is -3.15. The van der Waals surface area contributed by atoms with Gasteiger partial charge in [-0.3, -0.25) is 0 Å². The molecular formula is C27H31ClN6O2. The molecule has 5 rings (SSSR count). The Morgan fingerprint density at radius 3 is 2.89 bits per heavy atom. The van der Waals surface area contributed by atoms with Crippen molar-refractivity contribution in [3.8, 4) is 23.5 Å². The summed E-state index contributed by atoms with van der Waals surface area (Å²) in [5.74, 6) is 1.49. The van der Waals surface area contributed by atoms with Crippen LogP contribution in [0, 0.1) is 11.3 Å². The van der Waals surface area contributed by atoms with E-state index in [1.165, 1.54) is 6.42 Å². The van der Waals surface area contributed by atoms with Gasteiger partial charge in [-0.2, -0.15) is 10.2 Å². The average molecular weight is 507 g/mol. The number of aromatic nitrogens is 3. The Morgan fingerprint density at radius 1 is 1.28 bits per heavy atom. The van der Waals surface area contributed by atoms with Crippen molar-refractivity contribution >= 4 is 17.3 Å². The molecular weight excluding hydrogens is 476 g/mol. The van der Waals surface area contributed by atoms with Crippen LogP contribution in [0.5, 0.6) is 5.88 Å². The van der Waals surface area contributed by atoms with Crippen LogP contribution in [0.2, 0.25) is 5.15 Å². The van der Waals surface area contributed by atoms with Crippen molar-refractivity contribution in [2.24, 2.45) is 0 Å². The minimum absolute atomic E-state index is 0.0949. The van der Waals surface area contributed by atoms with Crippen LogP contribution >= 0.6 is 11.6 Å². The summed E-state index contributed by atoms with van der Waals surface area (Å²) in [7, 11) is 2.11. The molecule has 0 amide bonds. The second kappa shape index (κ2) is 10.5. The van der Waals surface area contributed by atoms with Crippen molar-refractivity contribution < 1.29 is 9.26 Å². The van der Waals surface area contributed by atoms with Gasteiger partial charge in [-0.1, -0.05) is 36.2 Å². The molecule has 3 heterocycles. The number of likely N-dealkylation sites (N-methyl/N-ethyl adjacent to an activating group) is 1. The van der Waals surface area contributed by atoms with Crippen molar-refractivity contribution in [2.45, 2.75) is 63.8 Å². The minimum Gasteiger partial charge on any atom is -0.476 e. The maximum absolute atomic E-state index is 9.93. The van der Waals surface area contributed by atoms with Gasteiger partial charge in [0.15, 0.2) is 11.5 Å². The molecule has 2 atom stereocenters. The molecule has 1 aliphatic heterocycles. The molecule has 36 heavy (non-hydrogen) atoms. The van der Waals surface area contributed by atoms with Crippen LogP contribution in [0.15, 0.2) is 22.7 Å². The number of benzene rings is 1. The number of nitriles is 1. The van der Waals surface area contributed by atoms with E-state index in [-0.39, 0.29) is 5.92 Å². The maximum atomic E-state index is 9.93. The normalized spacial score (nSPS) is 19.7. The van der Waals surface area contributed by atoms with Crippen molar-refractivity contribution in [3.63, 3.8) is 0 Å². The molecule has 188 valence electrons. The summed E-state index contributed by atoms with van der Waals surface area (Å²) < 4.78 is 12.0. The summed E-state index contributed by atoms with van der Waals surface area (Å²) >= 11 is 6.36. The van der Waals surface area contributed by atoms with Crippen LogP contribution in [0.4, 0.5) is 5.69 Å². The van der Waals surface area contributed by atoms with E-state index in [1.807, 2.05) is 12.1 Å². The van der Waals surface area contributed by atoms with E-state index in [2.05, 4.69) is 40.1 Å². The topological polar surface area (TPSA) is 114 Å². The quantitative estimate of drug-likeness (QED) is 0.346. The molecule has 9 heteroatoms. The summed E-state index contributed by atoms with van der Waals surface area (Å²) in [6.07, 6.45) is 6.69. The molecule has 1 aromatic carbocycles. The van der Waals surface area contributed by atoms with Crippen LogP contribution in [-0.2, 0) is 12.8 Å². The zero-order valence-corrected chi connectivity index (χ0v) is 21.5. The molecule has 0 radical (unpaired) electrons. The summed E-state index contributed by atoms with van der Waals surface area (Å²) in [6.45, 7) is 3.76. The van der Waals surface area contributed by atoms with Crippen LogP contribution in [0.1, 0.15) is 73.0 Å². The lowest BCUT2D eigenvalue weighted by Crippen LogP contribution is -2.30. The van der Waals surface area contributed by atoms with Gasteiger partial charge in [-0.05, 0) is 69.3 Å². The van der Waals surface area contributed by atoms with Gasteiger partial charge in [-0.15, -0.1) is 0 Å². The predicted molar refractivity (Wildman–Crippen MR) is 138 cm³/mol. The van der Waals surface area contributed by atoms with Gasteiger partial charge in [-0.25, -0.2) is 4.98 Å². The maximum Gasteiger partial charge on any atom is 0.218 e. The Kier molecular flexibility index (Phi) is 7.13. The Labute approximate surface area is 216 Å². The highest BCUT2D eigenvalue weighted by Gasteiger charge is 2.34. The number of anilines is 1. The van der Waals surface area contributed by atoms with E-state index in [0.717, 1.165) is 67.5 Å². The molecule has 2 N–H and O–H groups in total. The lowest BCUT2D eigenvalue weighted by atomic mass is 9.78. The standard InChI is InChI=1S/C27H31ClN6O2/c1-3-6-16-10-11-21(30)20(14-29)24(16)18-8-4-9-19-25(33-36-26(18)19)27-31-22(28)13-23(32-27)35-15-17-7-5-12-34(17)2/h10-11,13,17-18H,3-9,12,15,30H2,1-2H3. The van der Waals surface area contributed by atoms with Crippen molar-refractivity contribution in [1.82, 2.24) is 20.0 Å². The Bertz CT molecular complexity index is 1300. The van der Waals surface area contributed by atoms with Gasteiger partial charge < -0.3 is 19.9 Å². The van der Waals surface area contributed by atoms with Crippen molar-refractivity contribution in [3.05, 3.63) is 51.4 Å². The largest absolute Gasteiger partial charge is 0.476 e. The second-order valence-corrected chi connectivity index (χ2v) is 10.1. The molecule has 2 aliphatic rings. The highest BCUT2D eigenvalue weighted by atomic mass is 35.5. The first-order valence-electron chi connectivity index (χ1n) is 12.7. The molecule has 3 aromatic rings. The highest BCUT2D eigenvalue weighted by Crippen LogP contribution is 2.43. The zero-order valence-electron chi connectivity index (χ0n) is 20.8. The number of likely N-dealkylation sites (tertiary alicyclic amines) is 1. The van der Waals surface area contributed by atoms with Gasteiger partial charge in [0, 0.05) is 29.3 Å². The fraction of sp³-hybridized carbons (Fsp3) is 0.481. The number of hydrogen-bond acceptors (Lipinski definition) is 8. The van der Waals surface area contributed by atoms with Gasteiger partial charge in [0.25, 0.3) is 0 Å². The number of nitrogens with zero attached hydrogens (tertiary/aromatic N) is 5. The number of nitrogens with two attached hydrogens (primary N) is 1. The molecule has 0 spiro atoms. The second-order valence-electron chi connectivity index (χ2n) is 9.72. The van der Waals surface area contributed by atoms with Crippen LogP contribution in [0.25, 0.3) is 11.5 Å². The van der Waals surface area contributed by atoms with E-state index < -0.39 is 0 Å². The van der Waals surface area contributed by atoms with Gasteiger partial charge in [0.2, 0.25) is 5.88 Å². The Balaban J connectivity index is 1.49. The molecule has 1 aliphatic carbocycles. The third kappa shape index (κ3) is 4.65. The molecule has 0 bridgehead atoms. The summed E-state index contributed by atoms with van der Waals surface area (Å²) in [5.41, 5.74) is 10.9. The smallest absolute Gasteiger partial charge is 0.218 e. The first-order valence-corrected chi connectivity index (χ1v) is 13.1. The van der Waals surface area contributed by atoms with Crippen molar-refractivity contribution in [2.75, 3.05) is 25.9 Å². The van der Waals surface area contributed by atoms with Crippen LogP contribution < -0.4 is 10.5 Å². The number of halogens is 1. The monoisotopic (exact) mass is 506 g/mol. The molecule has 1 saturated heterocycles.